The Morgan fingerprint density at radius 3 is 2.24 bits per heavy atom. The van der Waals surface area contributed by atoms with Crippen LogP contribution >= 0.6 is 15.9 Å². The smallest absolute Gasteiger partial charge is 0.0178 e. The van der Waals surface area contributed by atoms with Crippen molar-refractivity contribution in [1.29, 1.82) is 0 Å². The second kappa shape index (κ2) is 5.99. The predicted molar refractivity (Wildman–Crippen MR) is 76.1 cm³/mol. The number of hydrogen-bond donors (Lipinski definition) is 1. The quantitative estimate of drug-likeness (QED) is 0.915. The van der Waals surface area contributed by atoms with E-state index in [1.54, 1.807) is 0 Å². The van der Waals surface area contributed by atoms with E-state index in [2.05, 4.69) is 58.4 Å². The van der Waals surface area contributed by atoms with Crippen molar-refractivity contribution in [3.63, 3.8) is 0 Å². The zero-order valence-corrected chi connectivity index (χ0v) is 11.3. The molecular formula is C15H16BrN. The molecule has 0 aliphatic heterocycles. The van der Waals surface area contributed by atoms with Gasteiger partial charge in [-0.1, -0.05) is 52.3 Å². The van der Waals surface area contributed by atoms with E-state index < -0.39 is 0 Å². The van der Waals surface area contributed by atoms with Crippen LogP contribution in [-0.2, 0) is 12.8 Å². The molecule has 0 heterocycles. The average molecular weight is 290 g/mol. The van der Waals surface area contributed by atoms with Crippen LogP contribution < -0.4 is 5.73 Å². The Kier molecular flexibility index (Phi) is 4.35. The summed E-state index contributed by atoms with van der Waals surface area (Å²) in [4.78, 5) is 0. The minimum absolute atomic E-state index is 0.709. The van der Waals surface area contributed by atoms with E-state index in [-0.39, 0.29) is 0 Å². The molecule has 0 unspecified atom stereocenters. The monoisotopic (exact) mass is 289 g/mol. The molecule has 0 atom stereocenters. The van der Waals surface area contributed by atoms with Crippen LogP contribution in [0.25, 0.3) is 0 Å². The van der Waals surface area contributed by atoms with Crippen LogP contribution in [0.1, 0.15) is 16.7 Å². The van der Waals surface area contributed by atoms with E-state index in [0.29, 0.717) is 6.54 Å². The first-order valence-electron chi connectivity index (χ1n) is 5.80. The molecule has 0 saturated heterocycles. The molecule has 2 aromatic rings. The van der Waals surface area contributed by atoms with Crippen molar-refractivity contribution in [2.24, 2.45) is 5.73 Å². The number of benzene rings is 2. The van der Waals surface area contributed by atoms with Gasteiger partial charge in [0.1, 0.15) is 0 Å². The SMILES string of the molecule is NCCc1cccc(Cc2cccc(Br)c2)c1. The highest BCUT2D eigenvalue weighted by Gasteiger charge is 1.99. The lowest BCUT2D eigenvalue weighted by Gasteiger charge is -2.05. The second-order valence-corrected chi connectivity index (χ2v) is 5.08. The van der Waals surface area contributed by atoms with Gasteiger partial charge in [0.15, 0.2) is 0 Å². The molecule has 17 heavy (non-hydrogen) atoms. The Bertz CT molecular complexity index is 494. The van der Waals surface area contributed by atoms with Crippen molar-refractivity contribution in [3.05, 3.63) is 69.7 Å². The third kappa shape index (κ3) is 3.69. The maximum absolute atomic E-state index is 5.58. The highest BCUT2D eigenvalue weighted by atomic mass is 79.9. The Morgan fingerprint density at radius 2 is 1.53 bits per heavy atom. The fourth-order valence-electron chi connectivity index (χ4n) is 1.94. The van der Waals surface area contributed by atoms with Gasteiger partial charge in [0, 0.05) is 4.47 Å². The molecular weight excluding hydrogens is 274 g/mol. The number of nitrogens with two attached hydrogens (primary N) is 1. The Morgan fingerprint density at radius 1 is 0.882 bits per heavy atom. The summed E-state index contributed by atoms with van der Waals surface area (Å²) in [5, 5.41) is 0. The van der Waals surface area contributed by atoms with Gasteiger partial charge in [0.2, 0.25) is 0 Å². The van der Waals surface area contributed by atoms with Crippen molar-refractivity contribution in [1.82, 2.24) is 0 Å². The molecule has 0 aliphatic rings. The highest BCUT2D eigenvalue weighted by Crippen LogP contribution is 2.16. The summed E-state index contributed by atoms with van der Waals surface area (Å²) in [6.07, 6.45) is 1.92. The van der Waals surface area contributed by atoms with Gasteiger partial charge in [-0.3, -0.25) is 0 Å². The molecule has 2 aromatic carbocycles. The van der Waals surface area contributed by atoms with Crippen LogP contribution in [0.15, 0.2) is 53.0 Å². The molecule has 0 fully saturated rings. The van der Waals surface area contributed by atoms with Crippen LogP contribution in [0.3, 0.4) is 0 Å². The van der Waals surface area contributed by atoms with Crippen LogP contribution in [0.5, 0.6) is 0 Å². The summed E-state index contributed by atoms with van der Waals surface area (Å²) >= 11 is 3.50. The minimum atomic E-state index is 0.709. The van der Waals surface area contributed by atoms with Gasteiger partial charge in [0.05, 0.1) is 0 Å². The highest BCUT2D eigenvalue weighted by molar-refractivity contribution is 9.10. The molecule has 2 N–H and O–H groups in total. The molecule has 0 saturated carbocycles. The maximum Gasteiger partial charge on any atom is 0.0178 e. The summed E-state index contributed by atoms with van der Waals surface area (Å²) in [5.74, 6) is 0. The van der Waals surface area contributed by atoms with Crippen molar-refractivity contribution in [2.75, 3.05) is 6.54 Å². The zero-order valence-electron chi connectivity index (χ0n) is 9.70. The summed E-state index contributed by atoms with van der Waals surface area (Å²) < 4.78 is 1.13. The van der Waals surface area contributed by atoms with Crippen molar-refractivity contribution < 1.29 is 0 Å². The molecule has 2 heteroatoms. The largest absolute Gasteiger partial charge is 0.330 e. The predicted octanol–water partition coefficient (Wildman–Crippen LogP) is 3.54. The summed E-state index contributed by atoms with van der Waals surface area (Å²) in [7, 11) is 0. The zero-order chi connectivity index (χ0) is 12.1. The van der Waals surface area contributed by atoms with Crippen LogP contribution in [0.2, 0.25) is 0 Å². The summed E-state index contributed by atoms with van der Waals surface area (Å²) in [5.41, 5.74) is 9.56. The molecule has 88 valence electrons. The van der Waals surface area contributed by atoms with Gasteiger partial charge < -0.3 is 5.73 Å². The standard InChI is InChI=1S/C15H16BrN/c16-15-6-2-5-14(11-15)10-13-4-1-3-12(9-13)7-8-17/h1-6,9,11H,7-8,10,17H2. The molecule has 0 radical (unpaired) electrons. The molecule has 0 aliphatic carbocycles. The lowest BCUT2D eigenvalue weighted by Crippen LogP contribution is -2.03. The molecule has 0 amide bonds. The molecule has 0 bridgehead atoms. The third-order valence-electron chi connectivity index (χ3n) is 2.72. The maximum atomic E-state index is 5.58. The number of halogens is 1. The van der Waals surface area contributed by atoms with Gasteiger partial charge in [-0.2, -0.15) is 0 Å². The molecule has 0 spiro atoms. The number of hydrogen-bond acceptors (Lipinski definition) is 1. The van der Waals surface area contributed by atoms with E-state index in [1.165, 1.54) is 16.7 Å². The molecule has 2 rings (SSSR count). The second-order valence-electron chi connectivity index (χ2n) is 4.17. The van der Waals surface area contributed by atoms with Crippen molar-refractivity contribution >= 4 is 15.9 Å². The van der Waals surface area contributed by atoms with Crippen molar-refractivity contribution in [3.8, 4) is 0 Å². The Balaban J connectivity index is 2.15. The van der Waals surface area contributed by atoms with E-state index in [0.717, 1.165) is 17.3 Å². The first-order valence-corrected chi connectivity index (χ1v) is 6.59. The lowest BCUT2D eigenvalue weighted by atomic mass is 10.0. The average Bonchev–Trinajstić information content (AvgIpc) is 2.30. The van der Waals surface area contributed by atoms with E-state index in [1.807, 2.05) is 6.07 Å². The van der Waals surface area contributed by atoms with E-state index >= 15 is 0 Å². The Labute approximate surface area is 111 Å². The topological polar surface area (TPSA) is 26.0 Å². The minimum Gasteiger partial charge on any atom is -0.330 e. The third-order valence-corrected chi connectivity index (χ3v) is 3.21. The van der Waals surface area contributed by atoms with Gasteiger partial charge in [-0.25, -0.2) is 0 Å². The lowest BCUT2D eigenvalue weighted by molar-refractivity contribution is 0.964. The number of rotatable bonds is 4. The fraction of sp³-hybridized carbons (Fsp3) is 0.200. The van der Waals surface area contributed by atoms with Crippen LogP contribution in [0.4, 0.5) is 0 Å². The van der Waals surface area contributed by atoms with Crippen molar-refractivity contribution in [2.45, 2.75) is 12.8 Å². The summed E-state index contributed by atoms with van der Waals surface area (Å²) in [6, 6.07) is 17.1. The normalized spacial score (nSPS) is 10.5. The van der Waals surface area contributed by atoms with Gasteiger partial charge >= 0.3 is 0 Å². The van der Waals surface area contributed by atoms with Crippen LogP contribution in [-0.4, -0.2) is 6.54 Å². The molecule has 0 aromatic heterocycles. The van der Waals surface area contributed by atoms with Gasteiger partial charge in [-0.15, -0.1) is 0 Å². The Hall–Kier alpha value is -1.12. The fourth-order valence-corrected chi connectivity index (χ4v) is 2.39. The molecule has 1 nitrogen and oxygen atoms in total. The first-order chi connectivity index (χ1) is 8.28. The first kappa shape index (κ1) is 12.3. The van der Waals surface area contributed by atoms with E-state index in [9.17, 15) is 0 Å². The van der Waals surface area contributed by atoms with Crippen LogP contribution in [0, 0.1) is 0 Å². The van der Waals surface area contributed by atoms with Gasteiger partial charge in [0.25, 0.3) is 0 Å². The summed E-state index contributed by atoms with van der Waals surface area (Å²) in [6.45, 7) is 0.709. The van der Waals surface area contributed by atoms with Gasteiger partial charge in [-0.05, 0) is 48.2 Å². The van der Waals surface area contributed by atoms with E-state index in [4.69, 9.17) is 5.73 Å².